The summed E-state index contributed by atoms with van der Waals surface area (Å²) >= 11 is 6.61. The van der Waals surface area contributed by atoms with Gasteiger partial charge in [0.1, 0.15) is 16.8 Å². The van der Waals surface area contributed by atoms with Crippen LogP contribution in [0.5, 0.6) is 0 Å². The maximum Gasteiger partial charge on any atom is 0.159 e. The Morgan fingerprint density at radius 3 is 2.53 bits per heavy atom. The molecule has 0 unspecified atom stereocenters. The van der Waals surface area contributed by atoms with Gasteiger partial charge in [-0.15, -0.1) is 0 Å². The molecule has 2 N–H and O–H groups in total. The van der Waals surface area contributed by atoms with Crippen LogP contribution in [0.1, 0.15) is 49.5 Å². The van der Waals surface area contributed by atoms with Crippen LogP contribution in [0, 0.1) is 24.1 Å². The van der Waals surface area contributed by atoms with Crippen molar-refractivity contribution in [1.82, 2.24) is 19.9 Å². The van der Waals surface area contributed by atoms with Gasteiger partial charge in [0, 0.05) is 30.1 Å². The van der Waals surface area contributed by atoms with E-state index in [-0.39, 0.29) is 17.6 Å². The maximum atomic E-state index is 15.0. The van der Waals surface area contributed by atoms with Crippen LogP contribution >= 0.6 is 11.6 Å². The first-order valence-electron chi connectivity index (χ1n) is 10.6. The van der Waals surface area contributed by atoms with E-state index in [1.807, 2.05) is 19.1 Å². The van der Waals surface area contributed by atoms with E-state index in [9.17, 15) is 10.4 Å². The standard InChI is InChI=1S/C25H22ClFN6O/c1-13(16-7-5-6-15(8-16)10-28)32-23-20(26)14(2)31-19-9-18(27)21(33-22(19)23)17-11-29-24(30-12-17)25(3,4)34/h5-9,11-13,34H,1-4H3,(H,31,32)/t13-/m1/s1. The van der Waals surface area contributed by atoms with Gasteiger partial charge in [-0.3, -0.25) is 0 Å². The Kier molecular flexibility index (Phi) is 6.17. The van der Waals surface area contributed by atoms with E-state index in [2.05, 4.69) is 31.3 Å². The molecule has 3 heterocycles. The van der Waals surface area contributed by atoms with E-state index in [4.69, 9.17) is 11.6 Å². The van der Waals surface area contributed by atoms with Crippen molar-refractivity contribution in [2.24, 2.45) is 0 Å². The van der Waals surface area contributed by atoms with Crippen LogP contribution in [0.15, 0.2) is 42.7 Å². The third-order valence-corrected chi connectivity index (χ3v) is 5.83. The number of benzene rings is 1. The summed E-state index contributed by atoms with van der Waals surface area (Å²) in [4.78, 5) is 17.3. The van der Waals surface area contributed by atoms with Crippen LogP contribution < -0.4 is 5.32 Å². The van der Waals surface area contributed by atoms with Crippen molar-refractivity contribution in [2.45, 2.75) is 39.3 Å². The second-order valence-corrected chi connectivity index (χ2v) is 8.91. The van der Waals surface area contributed by atoms with Gasteiger partial charge in [-0.05, 0) is 45.4 Å². The molecule has 0 saturated carbocycles. The number of anilines is 1. The van der Waals surface area contributed by atoms with Gasteiger partial charge < -0.3 is 10.4 Å². The largest absolute Gasteiger partial charge is 0.382 e. The number of aryl methyl sites for hydroxylation is 1. The molecule has 3 aromatic heterocycles. The zero-order valence-electron chi connectivity index (χ0n) is 19.1. The number of hydrogen-bond acceptors (Lipinski definition) is 7. The molecular weight excluding hydrogens is 455 g/mol. The van der Waals surface area contributed by atoms with Gasteiger partial charge in [-0.2, -0.15) is 5.26 Å². The number of aromatic nitrogens is 4. The Balaban J connectivity index is 1.82. The first kappa shape index (κ1) is 23.5. The summed E-state index contributed by atoms with van der Waals surface area (Å²) in [5.74, 6) is -0.365. The fourth-order valence-electron chi connectivity index (χ4n) is 3.54. The number of pyridine rings is 2. The van der Waals surface area contributed by atoms with Crippen molar-refractivity contribution >= 4 is 28.3 Å². The van der Waals surface area contributed by atoms with E-state index in [1.54, 1.807) is 32.9 Å². The summed E-state index contributed by atoms with van der Waals surface area (Å²) in [6.45, 7) is 6.81. The van der Waals surface area contributed by atoms with Gasteiger partial charge in [-0.25, -0.2) is 24.3 Å². The zero-order valence-corrected chi connectivity index (χ0v) is 19.8. The molecule has 9 heteroatoms. The van der Waals surface area contributed by atoms with Crippen molar-refractivity contribution in [2.75, 3.05) is 5.32 Å². The number of fused-ring (bicyclic) bond motifs is 1. The zero-order chi connectivity index (χ0) is 24.6. The number of nitriles is 1. The van der Waals surface area contributed by atoms with Crippen molar-refractivity contribution in [1.29, 1.82) is 5.26 Å². The SMILES string of the molecule is Cc1nc2cc(F)c(-c3cnc(C(C)(C)O)nc3)nc2c(N[C@H](C)c2cccc(C#N)c2)c1Cl. The molecule has 4 aromatic rings. The summed E-state index contributed by atoms with van der Waals surface area (Å²) in [7, 11) is 0. The van der Waals surface area contributed by atoms with Crippen molar-refractivity contribution < 1.29 is 9.50 Å². The first-order valence-corrected chi connectivity index (χ1v) is 10.9. The molecule has 0 aliphatic heterocycles. The van der Waals surface area contributed by atoms with Crippen molar-refractivity contribution in [3.8, 4) is 17.3 Å². The molecule has 172 valence electrons. The lowest BCUT2D eigenvalue weighted by Gasteiger charge is -2.19. The number of halogens is 2. The molecule has 0 saturated heterocycles. The van der Waals surface area contributed by atoms with Crippen LogP contribution in [-0.4, -0.2) is 25.0 Å². The topological polar surface area (TPSA) is 108 Å². The Labute approximate surface area is 201 Å². The predicted molar refractivity (Wildman–Crippen MR) is 129 cm³/mol. The van der Waals surface area contributed by atoms with Crippen LogP contribution in [0.4, 0.5) is 10.1 Å². The minimum Gasteiger partial charge on any atom is -0.382 e. The number of nitrogens with one attached hydrogen (secondary N) is 1. The van der Waals surface area contributed by atoms with Crippen LogP contribution in [0.25, 0.3) is 22.3 Å². The van der Waals surface area contributed by atoms with Gasteiger partial charge in [-0.1, -0.05) is 23.7 Å². The van der Waals surface area contributed by atoms with Crippen molar-refractivity contribution in [3.63, 3.8) is 0 Å². The number of rotatable bonds is 5. The second-order valence-electron chi connectivity index (χ2n) is 8.53. The Bertz CT molecular complexity index is 1430. The first-order chi connectivity index (χ1) is 16.1. The van der Waals surface area contributed by atoms with Crippen LogP contribution in [0.3, 0.4) is 0 Å². The Hall–Kier alpha value is -3.67. The van der Waals surface area contributed by atoms with E-state index in [1.165, 1.54) is 18.5 Å². The van der Waals surface area contributed by atoms with Crippen molar-refractivity contribution in [3.05, 3.63) is 76.2 Å². The Morgan fingerprint density at radius 2 is 1.88 bits per heavy atom. The summed E-state index contributed by atoms with van der Waals surface area (Å²) < 4.78 is 15.0. The molecule has 1 aromatic carbocycles. The fraction of sp³-hybridized carbons (Fsp3) is 0.240. The van der Waals surface area contributed by atoms with Gasteiger partial charge in [0.25, 0.3) is 0 Å². The number of aliphatic hydroxyl groups is 1. The monoisotopic (exact) mass is 476 g/mol. The quantitative estimate of drug-likeness (QED) is 0.393. The third-order valence-electron chi connectivity index (χ3n) is 5.37. The summed E-state index contributed by atoms with van der Waals surface area (Å²) in [6.07, 6.45) is 2.84. The third kappa shape index (κ3) is 4.53. The highest BCUT2D eigenvalue weighted by Crippen LogP contribution is 2.36. The maximum absolute atomic E-state index is 15.0. The molecule has 0 bridgehead atoms. The molecule has 0 aliphatic rings. The molecule has 4 rings (SSSR count). The predicted octanol–water partition coefficient (Wildman–Crippen LogP) is 5.46. The normalized spacial score (nSPS) is 12.4. The molecule has 0 radical (unpaired) electrons. The molecule has 0 aliphatic carbocycles. The number of nitrogens with zero attached hydrogens (tertiary/aromatic N) is 5. The number of hydrogen-bond donors (Lipinski definition) is 2. The average Bonchev–Trinajstić information content (AvgIpc) is 2.81. The molecule has 0 amide bonds. The molecular formula is C25H22ClFN6O. The smallest absolute Gasteiger partial charge is 0.159 e. The van der Waals surface area contributed by atoms with Crippen LogP contribution in [-0.2, 0) is 5.60 Å². The van der Waals surface area contributed by atoms with Gasteiger partial charge in [0.2, 0.25) is 0 Å². The lowest BCUT2D eigenvalue weighted by molar-refractivity contribution is 0.0687. The highest BCUT2D eigenvalue weighted by Gasteiger charge is 2.22. The molecule has 1 atom stereocenters. The average molecular weight is 477 g/mol. The molecule has 0 spiro atoms. The fourth-order valence-corrected chi connectivity index (χ4v) is 3.73. The highest BCUT2D eigenvalue weighted by atomic mass is 35.5. The molecule has 0 fully saturated rings. The highest BCUT2D eigenvalue weighted by molar-refractivity contribution is 6.35. The van der Waals surface area contributed by atoms with Gasteiger partial charge in [0.05, 0.1) is 33.6 Å². The summed E-state index contributed by atoms with van der Waals surface area (Å²) in [6, 6.07) is 10.5. The van der Waals surface area contributed by atoms with E-state index in [0.29, 0.717) is 38.6 Å². The van der Waals surface area contributed by atoms with Crippen LogP contribution in [0.2, 0.25) is 5.02 Å². The summed E-state index contributed by atoms with van der Waals surface area (Å²) in [5, 5.41) is 23.0. The second kappa shape index (κ2) is 8.93. The van der Waals surface area contributed by atoms with Gasteiger partial charge in [0.15, 0.2) is 11.6 Å². The minimum absolute atomic E-state index is 0.0405. The molecule has 7 nitrogen and oxygen atoms in total. The lowest BCUT2D eigenvalue weighted by atomic mass is 10.0. The minimum atomic E-state index is -1.22. The van der Waals surface area contributed by atoms with E-state index < -0.39 is 11.4 Å². The molecule has 34 heavy (non-hydrogen) atoms. The van der Waals surface area contributed by atoms with Gasteiger partial charge >= 0.3 is 0 Å². The summed E-state index contributed by atoms with van der Waals surface area (Å²) in [5.41, 5.74) is 2.37. The van der Waals surface area contributed by atoms with E-state index in [0.717, 1.165) is 5.56 Å². The Morgan fingerprint density at radius 1 is 1.18 bits per heavy atom. The lowest BCUT2D eigenvalue weighted by Crippen LogP contribution is -2.19. The van der Waals surface area contributed by atoms with E-state index >= 15 is 4.39 Å².